The van der Waals surface area contributed by atoms with Crippen molar-refractivity contribution in [2.75, 3.05) is 7.11 Å². The number of hydrogen-bond donors (Lipinski definition) is 1. The lowest BCUT2D eigenvalue weighted by molar-refractivity contribution is 0.330. The van der Waals surface area contributed by atoms with Gasteiger partial charge in [-0.15, -0.1) is 0 Å². The Morgan fingerprint density at radius 1 is 1.20 bits per heavy atom. The van der Waals surface area contributed by atoms with Crippen LogP contribution in [0.15, 0.2) is 52.6 Å². The molecule has 0 unspecified atom stereocenters. The van der Waals surface area contributed by atoms with Crippen molar-refractivity contribution in [2.45, 2.75) is 30.0 Å². The second-order valence-electron chi connectivity index (χ2n) is 5.78. The predicted octanol–water partition coefficient (Wildman–Crippen LogP) is 2.67. The van der Waals surface area contributed by atoms with Gasteiger partial charge in [0.2, 0.25) is 0 Å². The number of pyridine rings is 1. The van der Waals surface area contributed by atoms with Crippen molar-refractivity contribution in [3.05, 3.63) is 42.6 Å². The molecular weight excluding hydrogens is 358 g/mol. The van der Waals surface area contributed by atoms with E-state index in [1.807, 2.05) is 24.3 Å². The van der Waals surface area contributed by atoms with Crippen LogP contribution in [0.3, 0.4) is 0 Å². The third-order valence-electron chi connectivity index (χ3n) is 4.11. The van der Waals surface area contributed by atoms with Gasteiger partial charge in [0.05, 0.1) is 18.3 Å². The highest BCUT2D eigenvalue weighted by molar-refractivity contribution is 7.89. The number of thiocarbonyl (C=S) groups is 1. The number of aromatic nitrogens is 1. The smallest absolute Gasteiger partial charge is 0.258 e. The van der Waals surface area contributed by atoms with Crippen LogP contribution < -0.4 is 9.46 Å². The number of nitrogens with zero attached hydrogens (tertiary/aromatic N) is 2. The number of aliphatic imine (C=N–C) groups is 1. The lowest BCUT2D eigenvalue weighted by Gasteiger charge is -2.31. The van der Waals surface area contributed by atoms with E-state index in [-0.39, 0.29) is 17.1 Å². The molecule has 0 amide bonds. The molecule has 0 aliphatic heterocycles. The normalized spacial score (nSPS) is 19.6. The Morgan fingerprint density at radius 3 is 2.44 bits per heavy atom. The topological polar surface area (TPSA) is 80.7 Å². The van der Waals surface area contributed by atoms with Crippen molar-refractivity contribution in [3.63, 3.8) is 0 Å². The Kier molecular flexibility index (Phi) is 5.24. The predicted molar refractivity (Wildman–Crippen MR) is 98.4 cm³/mol. The molecule has 0 radical (unpaired) electrons. The maximum absolute atomic E-state index is 12.4. The molecule has 2 aromatic rings. The first-order valence-electron chi connectivity index (χ1n) is 7.71. The van der Waals surface area contributed by atoms with Crippen molar-refractivity contribution in [3.8, 4) is 16.9 Å². The molecule has 0 atom stereocenters. The third kappa shape index (κ3) is 4.11. The summed E-state index contributed by atoms with van der Waals surface area (Å²) in [5.41, 5.74) is 1.77. The first-order chi connectivity index (χ1) is 12.0. The molecule has 1 aliphatic rings. The zero-order valence-electron chi connectivity index (χ0n) is 13.5. The number of sulfonamides is 1. The van der Waals surface area contributed by atoms with Crippen LogP contribution in [0.2, 0.25) is 0 Å². The molecule has 0 bridgehead atoms. The number of benzene rings is 1. The Morgan fingerprint density at radius 2 is 1.88 bits per heavy atom. The average Bonchev–Trinajstić information content (AvgIpc) is 2.60. The lowest BCUT2D eigenvalue weighted by atomic mass is 9.88. The third-order valence-corrected chi connectivity index (χ3v) is 5.65. The van der Waals surface area contributed by atoms with E-state index in [0.717, 1.165) is 16.9 Å². The zero-order valence-corrected chi connectivity index (χ0v) is 15.2. The summed E-state index contributed by atoms with van der Waals surface area (Å²) in [6, 6.07) is 10.7. The van der Waals surface area contributed by atoms with E-state index >= 15 is 0 Å². The van der Waals surface area contributed by atoms with Gasteiger partial charge < -0.3 is 4.74 Å². The molecule has 0 spiro atoms. The minimum absolute atomic E-state index is 0.00606. The van der Waals surface area contributed by atoms with Gasteiger partial charge in [-0.3, -0.25) is 0 Å². The fraction of sp³-hybridized carbons (Fsp3) is 0.294. The first kappa shape index (κ1) is 17.7. The Bertz CT molecular complexity index is 884. The number of isothiocyanates is 1. The number of nitrogens with one attached hydrogen (secondary N) is 1. The quantitative estimate of drug-likeness (QED) is 0.620. The van der Waals surface area contributed by atoms with E-state index in [4.69, 9.17) is 4.74 Å². The Labute approximate surface area is 152 Å². The minimum atomic E-state index is -3.64. The molecular formula is C17H17N3O3S2. The minimum Gasteiger partial charge on any atom is -0.497 e. The maximum atomic E-state index is 12.4. The monoisotopic (exact) mass is 375 g/mol. The summed E-state index contributed by atoms with van der Waals surface area (Å²) in [6.07, 6.45) is 2.82. The van der Waals surface area contributed by atoms with Crippen LogP contribution in [-0.2, 0) is 10.0 Å². The highest BCUT2D eigenvalue weighted by atomic mass is 32.2. The van der Waals surface area contributed by atoms with Gasteiger partial charge in [0.1, 0.15) is 5.75 Å². The van der Waals surface area contributed by atoms with Crippen LogP contribution in [0, 0.1) is 0 Å². The van der Waals surface area contributed by atoms with Gasteiger partial charge in [-0.25, -0.2) is 23.1 Å². The van der Waals surface area contributed by atoms with Gasteiger partial charge in [-0.1, -0.05) is 12.1 Å². The van der Waals surface area contributed by atoms with Gasteiger partial charge in [-0.2, -0.15) is 0 Å². The molecule has 25 heavy (non-hydrogen) atoms. The fourth-order valence-corrected chi connectivity index (χ4v) is 3.98. The molecule has 1 saturated carbocycles. The molecule has 1 aromatic carbocycles. The van der Waals surface area contributed by atoms with Crippen LogP contribution >= 0.6 is 12.2 Å². The summed E-state index contributed by atoms with van der Waals surface area (Å²) >= 11 is 4.55. The molecule has 3 rings (SSSR count). The van der Waals surface area contributed by atoms with Crippen molar-refractivity contribution in [1.82, 2.24) is 9.71 Å². The number of methoxy groups -OCH3 is 1. The molecule has 1 fully saturated rings. The largest absolute Gasteiger partial charge is 0.497 e. The summed E-state index contributed by atoms with van der Waals surface area (Å²) in [7, 11) is -2.03. The molecule has 1 heterocycles. The van der Waals surface area contributed by atoms with Crippen molar-refractivity contribution in [2.24, 2.45) is 4.99 Å². The van der Waals surface area contributed by atoms with E-state index in [1.54, 1.807) is 19.4 Å². The van der Waals surface area contributed by atoms with Gasteiger partial charge in [-0.05, 0) is 54.9 Å². The summed E-state index contributed by atoms with van der Waals surface area (Å²) in [6.45, 7) is 0. The van der Waals surface area contributed by atoms with Gasteiger partial charge in [0.25, 0.3) is 10.0 Å². The maximum Gasteiger partial charge on any atom is 0.258 e. The molecule has 8 heteroatoms. The Hall–Kier alpha value is -2.12. The molecule has 0 saturated heterocycles. The molecule has 1 N–H and O–H groups in total. The van der Waals surface area contributed by atoms with Crippen LogP contribution in [0.25, 0.3) is 11.1 Å². The zero-order chi connectivity index (χ0) is 17.9. The van der Waals surface area contributed by atoms with Gasteiger partial charge in [0, 0.05) is 17.8 Å². The molecule has 1 aromatic heterocycles. The van der Waals surface area contributed by atoms with E-state index < -0.39 is 10.0 Å². The SMILES string of the molecule is COc1ccc(-c2ccc(S(=O)(=O)NC3CC(N=C=S)C3)nc2)cc1. The summed E-state index contributed by atoms with van der Waals surface area (Å²) < 4.78 is 32.5. The Balaban J connectivity index is 1.69. The molecule has 1 aliphatic carbocycles. The highest BCUT2D eigenvalue weighted by Gasteiger charge is 2.32. The van der Waals surface area contributed by atoms with Crippen LogP contribution in [0.4, 0.5) is 0 Å². The summed E-state index contributed by atoms with van der Waals surface area (Å²) in [5, 5.41) is 2.33. The first-order valence-corrected chi connectivity index (χ1v) is 9.61. The number of rotatable bonds is 6. The van der Waals surface area contributed by atoms with E-state index in [2.05, 4.69) is 32.1 Å². The van der Waals surface area contributed by atoms with Crippen LogP contribution in [0.5, 0.6) is 5.75 Å². The van der Waals surface area contributed by atoms with E-state index in [9.17, 15) is 8.42 Å². The van der Waals surface area contributed by atoms with Crippen molar-refractivity contribution >= 4 is 27.4 Å². The second-order valence-corrected chi connectivity index (χ2v) is 7.62. The average molecular weight is 375 g/mol. The summed E-state index contributed by atoms with van der Waals surface area (Å²) in [4.78, 5) is 8.05. The van der Waals surface area contributed by atoms with Gasteiger partial charge >= 0.3 is 0 Å². The lowest BCUT2D eigenvalue weighted by Crippen LogP contribution is -2.46. The molecule has 130 valence electrons. The highest BCUT2D eigenvalue weighted by Crippen LogP contribution is 2.25. The van der Waals surface area contributed by atoms with Crippen molar-refractivity contribution in [1.29, 1.82) is 0 Å². The van der Waals surface area contributed by atoms with E-state index in [0.29, 0.717) is 12.8 Å². The van der Waals surface area contributed by atoms with Crippen molar-refractivity contribution < 1.29 is 13.2 Å². The van der Waals surface area contributed by atoms with E-state index in [1.165, 1.54) is 6.07 Å². The molecule has 6 nitrogen and oxygen atoms in total. The van der Waals surface area contributed by atoms with Crippen LogP contribution in [0.1, 0.15) is 12.8 Å². The fourth-order valence-electron chi connectivity index (χ4n) is 2.64. The number of hydrogen-bond acceptors (Lipinski definition) is 6. The summed E-state index contributed by atoms with van der Waals surface area (Å²) in [5.74, 6) is 0.761. The second kappa shape index (κ2) is 7.41. The standard InChI is InChI=1S/C17H17N3O3S2/c1-23-16-5-2-12(3-6-16)13-4-7-17(18-10-13)25(21,22)20-15-8-14(9-15)19-11-24/h2-7,10,14-15,20H,8-9H2,1H3. The van der Waals surface area contributed by atoms with Gasteiger partial charge in [0.15, 0.2) is 5.03 Å². The van der Waals surface area contributed by atoms with Crippen LogP contribution in [-0.4, -0.2) is 37.8 Å². The number of ether oxygens (including phenoxy) is 1.